The SMILES string of the molecule is COc1cc(-c2cccs2)cc2c1OCCN(C(=O)c1cn(CCN)nn1)C2. The molecule has 0 fully saturated rings. The first-order valence-electron chi connectivity index (χ1n) is 8.96. The molecule has 9 heteroatoms. The minimum Gasteiger partial charge on any atom is -0.493 e. The highest BCUT2D eigenvalue weighted by Gasteiger charge is 2.25. The van der Waals surface area contributed by atoms with E-state index in [4.69, 9.17) is 15.2 Å². The van der Waals surface area contributed by atoms with Crippen LogP contribution < -0.4 is 15.2 Å². The van der Waals surface area contributed by atoms with Crippen LogP contribution in [0.1, 0.15) is 16.1 Å². The van der Waals surface area contributed by atoms with E-state index in [0.717, 1.165) is 16.0 Å². The number of hydrogen-bond acceptors (Lipinski definition) is 7. The largest absolute Gasteiger partial charge is 0.493 e. The Labute approximate surface area is 166 Å². The minimum absolute atomic E-state index is 0.180. The van der Waals surface area contributed by atoms with E-state index in [0.29, 0.717) is 50.0 Å². The quantitative estimate of drug-likeness (QED) is 0.705. The van der Waals surface area contributed by atoms with Crippen molar-refractivity contribution in [2.45, 2.75) is 13.1 Å². The molecule has 0 aliphatic carbocycles. The standard InChI is InChI=1S/C19H21N5O3S/c1-26-16-10-13(17-3-2-8-28-17)9-14-11-23(6-7-27-18(14)16)19(25)15-12-24(5-4-20)22-21-15/h2-3,8-10,12H,4-7,11,20H2,1H3. The first-order valence-corrected chi connectivity index (χ1v) is 9.84. The lowest BCUT2D eigenvalue weighted by Crippen LogP contribution is -2.32. The molecule has 0 saturated heterocycles. The highest BCUT2D eigenvalue weighted by atomic mass is 32.1. The fourth-order valence-corrected chi connectivity index (χ4v) is 3.91. The molecule has 8 nitrogen and oxygen atoms in total. The first-order chi connectivity index (χ1) is 13.7. The van der Waals surface area contributed by atoms with Crippen LogP contribution >= 0.6 is 11.3 Å². The summed E-state index contributed by atoms with van der Waals surface area (Å²) < 4.78 is 13.1. The zero-order valence-corrected chi connectivity index (χ0v) is 16.3. The number of methoxy groups -OCH3 is 1. The molecule has 146 valence electrons. The number of benzene rings is 1. The van der Waals surface area contributed by atoms with Gasteiger partial charge in [0, 0.05) is 23.5 Å². The molecular formula is C19H21N5O3S. The van der Waals surface area contributed by atoms with Crippen molar-refractivity contribution >= 4 is 17.2 Å². The average molecular weight is 399 g/mol. The van der Waals surface area contributed by atoms with E-state index in [1.165, 1.54) is 0 Å². The van der Waals surface area contributed by atoms with Crippen molar-refractivity contribution in [2.24, 2.45) is 5.73 Å². The van der Waals surface area contributed by atoms with Gasteiger partial charge in [0.1, 0.15) is 6.61 Å². The number of aromatic nitrogens is 3. The second-order valence-electron chi connectivity index (χ2n) is 6.37. The van der Waals surface area contributed by atoms with Crippen molar-refractivity contribution in [2.75, 3.05) is 26.8 Å². The second-order valence-corrected chi connectivity index (χ2v) is 7.32. The topological polar surface area (TPSA) is 95.5 Å². The third kappa shape index (κ3) is 3.58. The highest BCUT2D eigenvalue weighted by Crippen LogP contribution is 2.39. The molecule has 0 bridgehead atoms. The number of carbonyl (C=O) groups excluding carboxylic acids is 1. The Morgan fingerprint density at radius 1 is 1.43 bits per heavy atom. The molecule has 0 radical (unpaired) electrons. The Morgan fingerprint density at radius 2 is 2.32 bits per heavy atom. The van der Waals surface area contributed by atoms with Gasteiger partial charge >= 0.3 is 0 Å². The summed E-state index contributed by atoms with van der Waals surface area (Å²) in [6, 6.07) is 8.10. The van der Waals surface area contributed by atoms with Crippen LogP contribution in [0.2, 0.25) is 0 Å². The summed E-state index contributed by atoms with van der Waals surface area (Å²) in [6.07, 6.45) is 1.63. The number of amides is 1. The minimum atomic E-state index is -0.180. The normalized spacial score (nSPS) is 13.6. The van der Waals surface area contributed by atoms with Crippen LogP contribution in [0.4, 0.5) is 0 Å². The van der Waals surface area contributed by atoms with Gasteiger partial charge in [-0.15, -0.1) is 16.4 Å². The van der Waals surface area contributed by atoms with Gasteiger partial charge in [0.15, 0.2) is 17.2 Å². The molecule has 0 saturated carbocycles. The molecule has 1 aromatic carbocycles. The third-order valence-electron chi connectivity index (χ3n) is 4.53. The molecule has 28 heavy (non-hydrogen) atoms. The summed E-state index contributed by atoms with van der Waals surface area (Å²) in [5.74, 6) is 1.18. The number of hydrogen-bond donors (Lipinski definition) is 1. The van der Waals surface area contributed by atoms with Crippen LogP contribution in [0.25, 0.3) is 10.4 Å². The van der Waals surface area contributed by atoms with Crippen molar-refractivity contribution in [3.8, 4) is 21.9 Å². The Hall–Kier alpha value is -2.91. The molecule has 4 rings (SSSR count). The van der Waals surface area contributed by atoms with Gasteiger partial charge in [0.2, 0.25) is 0 Å². The maximum Gasteiger partial charge on any atom is 0.276 e. The number of fused-ring (bicyclic) bond motifs is 1. The van der Waals surface area contributed by atoms with Crippen LogP contribution in [-0.2, 0) is 13.1 Å². The Bertz CT molecular complexity index is 970. The maximum absolute atomic E-state index is 12.9. The summed E-state index contributed by atoms with van der Waals surface area (Å²) in [7, 11) is 1.63. The molecule has 1 amide bonds. The van der Waals surface area contributed by atoms with E-state index in [9.17, 15) is 4.79 Å². The van der Waals surface area contributed by atoms with Gasteiger partial charge in [-0.2, -0.15) is 0 Å². The molecule has 1 aliphatic heterocycles. The molecule has 2 aromatic heterocycles. The highest BCUT2D eigenvalue weighted by molar-refractivity contribution is 7.13. The smallest absolute Gasteiger partial charge is 0.276 e. The van der Waals surface area contributed by atoms with Gasteiger partial charge in [-0.25, -0.2) is 0 Å². The predicted octanol–water partition coefficient (Wildman–Crippen LogP) is 2.01. The number of rotatable bonds is 5. The van der Waals surface area contributed by atoms with Crippen LogP contribution in [0.15, 0.2) is 35.8 Å². The van der Waals surface area contributed by atoms with Crippen LogP contribution in [0.5, 0.6) is 11.5 Å². The van der Waals surface area contributed by atoms with Crippen molar-refractivity contribution in [1.29, 1.82) is 0 Å². The Kier molecular flexibility index (Phi) is 5.27. The van der Waals surface area contributed by atoms with Crippen LogP contribution in [0, 0.1) is 0 Å². The monoisotopic (exact) mass is 399 g/mol. The summed E-state index contributed by atoms with van der Waals surface area (Å²) in [4.78, 5) is 15.8. The zero-order valence-electron chi connectivity index (χ0n) is 15.5. The number of nitrogens with zero attached hydrogens (tertiary/aromatic N) is 4. The van der Waals surface area contributed by atoms with E-state index >= 15 is 0 Å². The van der Waals surface area contributed by atoms with E-state index in [2.05, 4.69) is 22.4 Å². The fourth-order valence-electron chi connectivity index (χ4n) is 3.19. The van der Waals surface area contributed by atoms with Gasteiger partial charge < -0.3 is 20.1 Å². The predicted molar refractivity (Wildman–Crippen MR) is 106 cm³/mol. The number of nitrogens with two attached hydrogens (primary N) is 1. The number of thiophene rings is 1. The molecule has 0 spiro atoms. The molecule has 0 atom stereocenters. The number of carbonyl (C=O) groups is 1. The van der Waals surface area contributed by atoms with Gasteiger partial charge in [-0.1, -0.05) is 11.3 Å². The lowest BCUT2D eigenvalue weighted by molar-refractivity contribution is 0.0727. The summed E-state index contributed by atoms with van der Waals surface area (Å²) in [5.41, 5.74) is 7.78. The van der Waals surface area contributed by atoms with E-state index in [1.807, 2.05) is 17.5 Å². The molecular weight excluding hydrogens is 378 g/mol. The maximum atomic E-state index is 12.9. The van der Waals surface area contributed by atoms with E-state index in [-0.39, 0.29) is 5.91 Å². The molecule has 1 aliphatic rings. The van der Waals surface area contributed by atoms with Crippen molar-refractivity contribution in [3.05, 3.63) is 47.1 Å². The lowest BCUT2D eigenvalue weighted by atomic mass is 10.1. The number of ether oxygens (including phenoxy) is 2. The summed E-state index contributed by atoms with van der Waals surface area (Å²) in [5, 5.41) is 9.98. The van der Waals surface area contributed by atoms with Gasteiger partial charge in [0.05, 0.1) is 26.4 Å². The Balaban J connectivity index is 1.64. The third-order valence-corrected chi connectivity index (χ3v) is 5.45. The summed E-state index contributed by atoms with van der Waals surface area (Å²) in [6.45, 7) is 2.20. The summed E-state index contributed by atoms with van der Waals surface area (Å²) >= 11 is 1.65. The van der Waals surface area contributed by atoms with Gasteiger partial charge in [-0.3, -0.25) is 9.48 Å². The van der Waals surface area contributed by atoms with Crippen LogP contribution in [-0.4, -0.2) is 52.6 Å². The van der Waals surface area contributed by atoms with Crippen molar-refractivity contribution in [1.82, 2.24) is 19.9 Å². The first kappa shape index (κ1) is 18.5. The molecule has 3 heterocycles. The lowest BCUT2D eigenvalue weighted by Gasteiger charge is -2.19. The van der Waals surface area contributed by atoms with Gasteiger partial charge in [-0.05, 0) is 29.1 Å². The average Bonchev–Trinajstić information content (AvgIpc) is 3.35. The van der Waals surface area contributed by atoms with Gasteiger partial charge in [0.25, 0.3) is 5.91 Å². The van der Waals surface area contributed by atoms with E-state index < -0.39 is 0 Å². The van der Waals surface area contributed by atoms with E-state index in [1.54, 1.807) is 34.2 Å². The van der Waals surface area contributed by atoms with Crippen molar-refractivity contribution in [3.63, 3.8) is 0 Å². The van der Waals surface area contributed by atoms with Crippen LogP contribution in [0.3, 0.4) is 0 Å². The molecule has 0 unspecified atom stereocenters. The van der Waals surface area contributed by atoms with Crippen molar-refractivity contribution < 1.29 is 14.3 Å². The second kappa shape index (κ2) is 7.99. The molecule has 3 aromatic rings. The zero-order chi connectivity index (χ0) is 19.5. The molecule has 2 N–H and O–H groups in total. The Morgan fingerprint density at radius 3 is 3.07 bits per heavy atom. The fraction of sp³-hybridized carbons (Fsp3) is 0.316.